The Balaban J connectivity index is 1.92. The highest BCUT2D eigenvalue weighted by Crippen LogP contribution is 2.29. The summed E-state index contributed by atoms with van der Waals surface area (Å²) < 4.78 is 38.1. The third kappa shape index (κ3) is 5.34. The highest BCUT2D eigenvalue weighted by molar-refractivity contribution is 9.10. The summed E-state index contributed by atoms with van der Waals surface area (Å²) in [6.45, 7) is 0. The minimum absolute atomic E-state index is 0.440. The van der Waals surface area contributed by atoms with Crippen molar-refractivity contribution in [2.45, 2.75) is 6.18 Å². The van der Waals surface area contributed by atoms with Crippen LogP contribution in [0.3, 0.4) is 0 Å². The van der Waals surface area contributed by atoms with Gasteiger partial charge in [-0.25, -0.2) is 4.79 Å². The maximum Gasteiger partial charge on any atom is 0.416 e. The molecule has 0 fully saturated rings. The summed E-state index contributed by atoms with van der Waals surface area (Å²) in [5, 5.41) is 3.56. The highest BCUT2D eigenvalue weighted by Gasteiger charge is 2.29. The zero-order valence-corrected chi connectivity index (χ0v) is 13.7. The number of benzene rings is 2. The van der Waals surface area contributed by atoms with Crippen LogP contribution in [0.1, 0.15) is 16.7 Å². The van der Waals surface area contributed by atoms with Gasteiger partial charge in [0.2, 0.25) is 0 Å². The predicted molar refractivity (Wildman–Crippen MR) is 88.3 cm³/mol. The molecule has 0 saturated heterocycles. The van der Waals surface area contributed by atoms with Crippen LogP contribution in [-0.4, -0.2) is 12.2 Å². The molecule has 0 spiro atoms. The van der Waals surface area contributed by atoms with Crippen molar-refractivity contribution in [3.8, 4) is 0 Å². The van der Waals surface area contributed by atoms with Gasteiger partial charge in [0.05, 0.1) is 11.8 Å². The zero-order valence-electron chi connectivity index (χ0n) is 12.1. The lowest BCUT2D eigenvalue weighted by Gasteiger charge is -2.05. The van der Waals surface area contributed by atoms with Crippen molar-refractivity contribution in [2.24, 2.45) is 5.16 Å². The third-order valence-electron chi connectivity index (χ3n) is 2.89. The third-order valence-corrected chi connectivity index (χ3v) is 3.61. The number of carbonyl (C=O) groups excluding carboxylic acids is 1. The molecule has 0 aromatic heterocycles. The topological polar surface area (TPSA) is 38.7 Å². The average molecular weight is 398 g/mol. The second kappa shape index (κ2) is 7.92. The molecule has 0 aliphatic rings. The summed E-state index contributed by atoms with van der Waals surface area (Å²) in [7, 11) is 0. The molecule has 0 aliphatic heterocycles. The quantitative estimate of drug-likeness (QED) is 0.313. The van der Waals surface area contributed by atoms with Gasteiger partial charge < -0.3 is 4.84 Å². The maximum absolute atomic E-state index is 12.4. The van der Waals surface area contributed by atoms with E-state index in [1.165, 1.54) is 24.4 Å². The molecule has 2 aromatic rings. The molecule has 0 unspecified atom stereocenters. The summed E-state index contributed by atoms with van der Waals surface area (Å²) >= 11 is 3.32. The van der Waals surface area contributed by atoms with Crippen LogP contribution in [0.25, 0.3) is 6.08 Å². The molecule has 0 N–H and O–H groups in total. The number of carbonyl (C=O) groups is 1. The first-order valence-corrected chi connectivity index (χ1v) is 7.50. The van der Waals surface area contributed by atoms with Gasteiger partial charge in [0.25, 0.3) is 0 Å². The molecule has 2 aromatic carbocycles. The van der Waals surface area contributed by atoms with Crippen molar-refractivity contribution < 1.29 is 22.8 Å². The number of oxime groups is 1. The van der Waals surface area contributed by atoms with Gasteiger partial charge in [-0.15, -0.1) is 0 Å². The van der Waals surface area contributed by atoms with Gasteiger partial charge in [0, 0.05) is 16.1 Å². The van der Waals surface area contributed by atoms with E-state index in [1.54, 1.807) is 12.1 Å². The maximum atomic E-state index is 12.4. The van der Waals surface area contributed by atoms with Crippen LogP contribution in [0.5, 0.6) is 0 Å². The second-order valence-corrected chi connectivity index (χ2v) is 5.47. The Bertz CT molecular complexity index is 768. The summed E-state index contributed by atoms with van der Waals surface area (Å²) in [6.07, 6.45) is -0.591. The number of rotatable bonds is 4. The zero-order chi connectivity index (χ0) is 17.6. The Hall–Kier alpha value is -2.41. The molecule has 0 aliphatic carbocycles. The van der Waals surface area contributed by atoms with Crippen molar-refractivity contribution in [3.63, 3.8) is 0 Å². The first-order valence-electron chi connectivity index (χ1n) is 6.70. The number of nitrogens with zero attached hydrogens (tertiary/aromatic N) is 1. The summed E-state index contributed by atoms with van der Waals surface area (Å²) in [6, 6.07) is 11.6. The van der Waals surface area contributed by atoms with Gasteiger partial charge in [-0.2, -0.15) is 13.2 Å². The summed E-state index contributed by atoms with van der Waals surface area (Å²) in [5.74, 6) is -0.738. The highest BCUT2D eigenvalue weighted by atomic mass is 79.9. The molecule has 24 heavy (non-hydrogen) atoms. The minimum atomic E-state index is -4.39. The molecule has 0 atom stereocenters. The van der Waals surface area contributed by atoms with Crippen molar-refractivity contribution in [1.29, 1.82) is 0 Å². The molecule has 0 saturated carbocycles. The van der Waals surface area contributed by atoms with E-state index >= 15 is 0 Å². The first kappa shape index (κ1) is 17.9. The fourth-order valence-electron chi connectivity index (χ4n) is 1.69. The van der Waals surface area contributed by atoms with E-state index in [4.69, 9.17) is 0 Å². The van der Waals surface area contributed by atoms with Crippen LogP contribution in [0.2, 0.25) is 0 Å². The second-order valence-electron chi connectivity index (χ2n) is 4.62. The Kier molecular flexibility index (Phi) is 5.92. The summed E-state index contributed by atoms with van der Waals surface area (Å²) in [4.78, 5) is 16.1. The number of alkyl halides is 3. The largest absolute Gasteiger partial charge is 0.416 e. The number of hydrogen-bond donors (Lipinski definition) is 0. The van der Waals surface area contributed by atoms with Crippen LogP contribution < -0.4 is 0 Å². The fraction of sp³-hybridized carbons (Fsp3) is 0.0588. The van der Waals surface area contributed by atoms with E-state index in [-0.39, 0.29) is 0 Å². The van der Waals surface area contributed by atoms with Gasteiger partial charge in [-0.1, -0.05) is 51.4 Å². The number of halogens is 4. The molecule has 0 heterocycles. The lowest BCUT2D eigenvalue weighted by Crippen LogP contribution is -2.04. The van der Waals surface area contributed by atoms with E-state index in [0.29, 0.717) is 5.56 Å². The molecule has 0 radical (unpaired) electrons. The Morgan fingerprint density at radius 3 is 2.38 bits per heavy atom. The van der Waals surface area contributed by atoms with Gasteiger partial charge in [-0.05, 0) is 29.8 Å². The molecular weight excluding hydrogens is 387 g/mol. The molecular formula is C17H11BrF3NO2. The summed E-state index contributed by atoms with van der Waals surface area (Å²) in [5.41, 5.74) is 0.423. The molecule has 2 rings (SSSR count). The van der Waals surface area contributed by atoms with Gasteiger partial charge in [-0.3, -0.25) is 0 Å². The molecule has 124 valence electrons. The van der Waals surface area contributed by atoms with E-state index < -0.39 is 17.7 Å². The van der Waals surface area contributed by atoms with Crippen molar-refractivity contribution >= 4 is 34.2 Å². The number of hydrogen-bond acceptors (Lipinski definition) is 3. The smallest absolute Gasteiger partial charge is 0.313 e. The normalized spacial score (nSPS) is 12.0. The fourth-order valence-corrected chi connectivity index (χ4v) is 2.08. The monoisotopic (exact) mass is 397 g/mol. The lowest BCUT2D eigenvalue weighted by molar-refractivity contribution is -0.138. The average Bonchev–Trinajstić information content (AvgIpc) is 2.54. The predicted octanol–water partition coefficient (Wildman–Crippen LogP) is 5.06. The van der Waals surface area contributed by atoms with Gasteiger partial charge >= 0.3 is 12.1 Å². The molecule has 0 amide bonds. The standard InChI is InChI=1S/C17H11BrF3NO2/c18-15-4-2-1-3-13(15)11-22-24-16(23)10-7-12-5-8-14(9-6-12)17(19,20)21/h1-11H. The SMILES string of the molecule is O=C(C=Cc1ccc(C(F)(F)F)cc1)ON=Cc1ccccc1Br. The Morgan fingerprint density at radius 2 is 1.75 bits per heavy atom. The van der Waals surface area contributed by atoms with Crippen molar-refractivity contribution in [1.82, 2.24) is 0 Å². The lowest BCUT2D eigenvalue weighted by atomic mass is 10.1. The van der Waals surface area contributed by atoms with Gasteiger partial charge in [0.1, 0.15) is 0 Å². The molecule has 7 heteroatoms. The molecule has 3 nitrogen and oxygen atoms in total. The Morgan fingerprint density at radius 1 is 1.08 bits per heavy atom. The van der Waals surface area contributed by atoms with E-state index in [2.05, 4.69) is 25.9 Å². The van der Waals surface area contributed by atoms with Crippen LogP contribution in [0.15, 0.2) is 64.2 Å². The van der Waals surface area contributed by atoms with Crippen LogP contribution >= 0.6 is 15.9 Å². The van der Waals surface area contributed by atoms with Crippen LogP contribution in [-0.2, 0) is 15.8 Å². The van der Waals surface area contributed by atoms with Crippen LogP contribution in [0.4, 0.5) is 13.2 Å². The minimum Gasteiger partial charge on any atom is -0.313 e. The van der Waals surface area contributed by atoms with Gasteiger partial charge in [0.15, 0.2) is 0 Å². The van der Waals surface area contributed by atoms with E-state index in [1.807, 2.05) is 12.1 Å². The first-order chi connectivity index (χ1) is 11.4. The Labute approximate surface area is 144 Å². The van der Waals surface area contributed by atoms with Crippen molar-refractivity contribution in [2.75, 3.05) is 0 Å². The molecule has 0 bridgehead atoms. The van der Waals surface area contributed by atoms with E-state index in [9.17, 15) is 18.0 Å². The van der Waals surface area contributed by atoms with Crippen molar-refractivity contribution in [3.05, 3.63) is 75.8 Å². The van der Waals surface area contributed by atoms with Crippen LogP contribution in [0, 0.1) is 0 Å². The van der Waals surface area contributed by atoms with E-state index in [0.717, 1.165) is 28.2 Å².